The first-order valence-corrected chi connectivity index (χ1v) is 8.36. The number of aromatic nitrogens is 2. The van der Waals surface area contributed by atoms with Crippen LogP contribution in [0.3, 0.4) is 0 Å². The van der Waals surface area contributed by atoms with Crippen LogP contribution in [0, 0.1) is 6.92 Å². The minimum atomic E-state index is -0.328. The van der Waals surface area contributed by atoms with Gasteiger partial charge >= 0.3 is 0 Å². The summed E-state index contributed by atoms with van der Waals surface area (Å²) in [7, 11) is 1.61. The van der Waals surface area contributed by atoms with Gasteiger partial charge in [0.05, 0.1) is 12.8 Å². The van der Waals surface area contributed by atoms with Crippen LogP contribution in [0.5, 0.6) is 5.75 Å². The third-order valence-corrected chi connectivity index (χ3v) is 3.96. The summed E-state index contributed by atoms with van der Waals surface area (Å²) in [6, 6.07) is 14.3. The van der Waals surface area contributed by atoms with E-state index in [2.05, 4.69) is 15.7 Å². The summed E-state index contributed by atoms with van der Waals surface area (Å²) >= 11 is 0. The van der Waals surface area contributed by atoms with Gasteiger partial charge in [0.25, 0.3) is 5.91 Å². The highest BCUT2D eigenvalue weighted by atomic mass is 16.5. The second kappa shape index (κ2) is 7.74. The molecule has 1 aromatic heterocycles. The van der Waals surface area contributed by atoms with Gasteiger partial charge in [-0.15, -0.1) is 0 Å². The number of benzene rings is 2. The molecule has 7 nitrogen and oxygen atoms in total. The van der Waals surface area contributed by atoms with Gasteiger partial charge in [0.1, 0.15) is 5.75 Å². The maximum atomic E-state index is 12.6. The van der Waals surface area contributed by atoms with Crippen molar-refractivity contribution in [2.75, 3.05) is 17.7 Å². The van der Waals surface area contributed by atoms with Crippen LogP contribution in [0.4, 0.5) is 11.4 Å². The number of carbonyl (C=O) groups is 2. The third kappa shape index (κ3) is 4.33. The van der Waals surface area contributed by atoms with E-state index in [1.54, 1.807) is 36.2 Å². The minimum absolute atomic E-state index is 0.172. The molecule has 0 radical (unpaired) electrons. The lowest BCUT2D eigenvalue weighted by atomic mass is 10.1. The number of hydrogen-bond acceptors (Lipinski definition) is 4. The topological polar surface area (TPSA) is 85.2 Å². The molecule has 2 N–H and O–H groups in total. The molecule has 0 saturated carbocycles. The Kier molecular flexibility index (Phi) is 5.21. The van der Waals surface area contributed by atoms with Gasteiger partial charge < -0.3 is 15.4 Å². The van der Waals surface area contributed by atoms with E-state index in [4.69, 9.17) is 4.74 Å². The Morgan fingerprint density at radius 3 is 2.44 bits per heavy atom. The van der Waals surface area contributed by atoms with Crippen molar-refractivity contribution in [1.82, 2.24) is 9.78 Å². The zero-order valence-corrected chi connectivity index (χ0v) is 15.3. The van der Waals surface area contributed by atoms with Gasteiger partial charge in [-0.2, -0.15) is 5.10 Å². The molecular weight excluding hydrogens is 344 g/mol. The molecule has 3 aromatic rings. The highest BCUT2D eigenvalue weighted by Crippen LogP contribution is 2.21. The largest absolute Gasteiger partial charge is 0.497 e. The fraction of sp³-hybridized carbons (Fsp3) is 0.150. The van der Waals surface area contributed by atoms with E-state index in [1.165, 1.54) is 6.92 Å². The number of anilines is 2. The summed E-state index contributed by atoms with van der Waals surface area (Å²) < 4.78 is 6.76. The number of amides is 2. The Morgan fingerprint density at radius 1 is 1.04 bits per heavy atom. The van der Waals surface area contributed by atoms with Crippen LogP contribution >= 0.6 is 0 Å². The molecule has 0 spiro atoms. The first kappa shape index (κ1) is 18.2. The lowest BCUT2D eigenvalue weighted by Gasteiger charge is -2.10. The van der Waals surface area contributed by atoms with Gasteiger partial charge in [-0.25, -0.2) is 4.68 Å². The van der Waals surface area contributed by atoms with Crippen molar-refractivity contribution in [3.05, 3.63) is 66.0 Å². The van der Waals surface area contributed by atoms with E-state index < -0.39 is 0 Å². The molecule has 7 heteroatoms. The van der Waals surface area contributed by atoms with Crippen molar-refractivity contribution in [2.45, 2.75) is 13.8 Å². The lowest BCUT2D eigenvalue weighted by Crippen LogP contribution is -2.14. The van der Waals surface area contributed by atoms with E-state index >= 15 is 0 Å². The summed E-state index contributed by atoms with van der Waals surface area (Å²) in [5, 5.41) is 9.86. The molecule has 2 aromatic carbocycles. The van der Waals surface area contributed by atoms with E-state index in [-0.39, 0.29) is 17.5 Å². The first-order chi connectivity index (χ1) is 13.0. The van der Waals surface area contributed by atoms with Crippen LogP contribution in [0.15, 0.2) is 54.7 Å². The number of carbonyl (C=O) groups excluding carboxylic acids is 2. The van der Waals surface area contributed by atoms with Gasteiger partial charge in [0.15, 0.2) is 5.69 Å². The average molecular weight is 364 g/mol. The van der Waals surface area contributed by atoms with E-state index in [9.17, 15) is 9.59 Å². The minimum Gasteiger partial charge on any atom is -0.497 e. The second-order valence-electron chi connectivity index (χ2n) is 6.01. The number of aryl methyl sites for hydroxylation is 1. The maximum absolute atomic E-state index is 12.6. The van der Waals surface area contributed by atoms with Gasteiger partial charge in [-0.05, 0) is 55.0 Å². The zero-order chi connectivity index (χ0) is 19.4. The highest BCUT2D eigenvalue weighted by molar-refractivity contribution is 6.03. The monoisotopic (exact) mass is 364 g/mol. The Hall–Kier alpha value is -3.61. The molecular formula is C20H20N4O3. The SMILES string of the molecule is COc1ccc(-n2ccc(C(=O)Nc3cc(NC(C)=O)ccc3C)n2)cc1. The van der Waals surface area contributed by atoms with Gasteiger partial charge in [-0.1, -0.05) is 6.07 Å². The van der Waals surface area contributed by atoms with E-state index in [1.807, 2.05) is 37.3 Å². The molecule has 138 valence electrons. The van der Waals surface area contributed by atoms with Crippen molar-refractivity contribution in [2.24, 2.45) is 0 Å². The maximum Gasteiger partial charge on any atom is 0.276 e. The zero-order valence-electron chi connectivity index (χ0n) is 15.3. The number of rotatable bonds is 5. The number of hydrogen-bond donors (Lipinski definition) is 2. The second-order valence-corrected chi connectivity index (χ2v) is 6.01. The summed E-state index contributed by atoms with van der Waals surface area (Å²) in [6.07, 6.45) is 1.72. The number of nitrogens with one attached hydrogen (secondary N) is 2. The summed E-state index contributed by atoms with van der Waals surface area (Å²) in [5.74, 6) is 0.248. The average Bonchev–Trinajstić information content (AvgIpc) is 3.14. The Labute approximate surface area is 157 Å². The van der Waals surface area contributed by atoms with Gasteiger partial charge in [0, 0.05) is 24.5 Å². The van der Waals surface area contributed by atoms with E-state index in [0.717, 1.165) is 17.0 Å². The summed E-state index contributed by atoms with van der Waals surface area (Å²) in [6.45, 7) is 3.31. The van der Waals surface area contributed by atoms with Gasteiger partial charge in [-0.3, -0.25) is 9.59 Å². The summed E-state index contributed by atoms with van der Waals surface area (Å²) in [4.78, 5) is 23.8. The molecule has 1 heterocycles. The Bertz CT molecular complexity index is 977. The first-order valence-electron chi connectivity index (χ1n) is 8.36. The molecule has 27 heavy (non-hydrogen) atoms. The molecule has 2 amide bonds. The van der Waals surface area contributed by atoms with Crippen molar-refractivity contribution >= 4 is 23.2 Å². The molecule has 0 aliphatic rings. The van der Waals surface area contributed by atoms with E-state index in [0.29, 0.717) is 11.4 Å². The van der Waals surface area contributed by atoms with Crippen LogP contribution in [-0.4, -0.2) is 28.7 Å². The fourth-order valence-electron chi connectivity index (χ4n) is 2.55. The van der Waals surface area contributed by atoms with Gasteiger partial charge in [0.2, 0.25) is 5.91 Å². The predicted molar refractivity (Wildman–Crippen MR) is 104 cm³/mol. The van der Waals surface area contributed by atoms with Crippen LogP contribution in [0.2, 0.25) is 0 Å². The van der Waals surface area contributed by atoms with Crippen LogP contribution < -0.4 is 15.4 Å². The fourth-order valence-corrected chi connectivity index (χ4v) is 2.55. The third-order valence-electron chi connectivity index (χ3n) is 3.96. The standard InChI is InChI=1S/C20H20N4O3/c1-13-4-5-15(21-14(2)25)12-19(13)22-20(26)18-10-11-24(23-18)16-6-8-17(27-3)9-7-16/h4-12H,1-3H3,(H,21,25)(H,22,26). The molecule has 0 fully saturated rings. The predicted octanol–water partition coefficient (Wildman–Crippen LogP) is 3.40. The van der Waals surface area contributed by atoms with Crippen LogP contribution in [0.25, 0.3) is 5.69 Å². The normalized spacial score (nSPS) is 10.3. The molecule has 3 rings (SSSR count). The smallest absolute Gasteiger partial charge is 0.276 e. The number of nitrogens with zero attached hydrogens (tertiary/aromatic N) is 2. The highest BCUT2D eigenvalue weighted by Gasteiger charge is 2.12. The van der Waals surface area contributed by atoms with Crippen LogP contribution in [0.1, 0.15) is 23.0 Å². The molecule has 0 saturated heterocycles. The molecule has 0 bridgehead atoms. The molecule has 0 unspecified atom stereocenters. The molecule has 0 aliphatic heterocycles. The van der Waals surface area contributed by atoms with Crippen molar-refractivity contribution in [3.63, 3.8) is 0 Å². The quantitative estimate of drug-likeness (QED) is 0.727. The van der Waals surface area contributed by atoms with Crippen molar-refractivity contribution < 1.29 is 14.3 Å². The van der Waals surface area contributed by atoms with Crippen molar-refractivity contribution in [3.8, 4) is 11.4 Å². The molecule has 0 aliphatic carbocycles. The number of ether oxygens (including phenoxy) is 1. The lowest BCUT2D eigenvalue weighted by molar-refractivity contribution is -0.114. The Balaban J connectivity index is 1.77. The molecule has 0 atom stereocenters. The number of methoxy groups -OCH3 is 1. The Morgan fingerprint density at radius 2 is 1.78 bits per heavy atom. The summed E-state index contributed by atoms with van der Waals surface area (Å²) in [5.41, 5.74) is 3.22. The van der Waals surface area contributed by atoms with Crippen molar-refractivity contribution in [1.29, 1.82) is 0 Å². The van der Waals surface area contributed by atoms with Crippen LogP contribution in [-0.2, 0) is 4.79 Å².